The molecule has 2 amide bonds. The summed E-state index contributed by atoms with van der Waals surface area (Å²) in [4.78, 5) is 28.0. The Labute approximate surface area is 210 Å². The van der Waals surface area contributed by atoms with Gasteiger partial charge in [0.05, 0.1) is 6.21 Å². The minimum atomic E-state index is -0.552. The molecule has 8 nitrogen and oxygen atoms in total. The van der Waals surface area contributed by atoms with Gasteiger partial charge in [0.15, 0.2) is 11.5 Å². The molecule has 184 valence electrons. The molecule has 0 aromatic heterocycles. The third-order valence-electron chi connectivity index (χ3n) is 5.64. The first-order valence-electron chi connectivity index (χ1n) is 11.7. The zero-order chi connectivity index (χ0) is 25.3. The molecule has 3 aromatic rings. The average Bonchev–Trinajstić information content (AvgIpc) is 3.38. The smallest absolute Gasteiger partial charge is 0.287 e. The van der Waals surface area contributed by atoms with Crippen LogP contribution in [0.3, 0.4) is 0 Å². The number of ether oxygens (including phenoxy) is 2. The second-order valence-electron chi connectivity index (χ2n) is 7.95. The Kier molecular flexibility index (Phi) is 7.97. The summed E-state index contributed by atoms with van der Waals surface area (Å²) in [6.45, 7) is 6.17. The van der Waals surface area contributed by atoms with Crippen LogP contribution in [-0.2, 0) is 4.79 Å². The number of hydrogen-bond acceptors (Lipinski definition) is 6. The minimum absolute atomic E-state index is 0.0716. The second-order valence-corrected chi connectivity index (χ2v) is 7.95. The molecule has 36 heavy (non-hydrogen) atoms. The molecule has 8 heteroatoms. The van der Waals surface area contributed by atoms with E-state index in [9.17, 15) is 9.59 Å². The topological polar surface area (TPSA) is 92.3 Å². The molecule has 1 aliphatic heterocycles. The van der Waals surface area contributed by atoms with Crippen LogP contribution in [0.4, 0.5) is 5.69 Å². The Morgan fingerprint density at radius 2 is 1.61 bits per heavy atom. The molecule has 0 fully saturated rings. The van der Waals surface area contributed by atoms with Gasteiger partial charge in [-0.1, -0.05) is 30.3 Å². The molecule has 3 aromatic carbocycles. The first-order valence-corrected chi connectivity index (χ1v) is 11.7. The van der Waals surface area contributed by atoms with Gasteiger partial charge >= 0.3 is 0 Å². The molecule has 0 saturated heterocycles. The number of benzene rings is 3. The molecule has 0 spiro atoms. The quantitative estimate of drug-likeness (QED) is 0.270. The number of anilines is 1. The fourth-order valence-corrected chi connectivity index (χ4v) is 3.70. The van der Waals surface area contributed by atoms with Crippen LogP contribution in [-0.4, -0.2) is 37.9 Å². The summed E-state index contributed by atoms with van der Waals surface area (Å²) in [5, 5.41) is 6.76. The van der Waals surface area contributed by atoms with Crippen molar-refractivity contribution in [3.8, 4) is 11.5 Å². The van der Waals surface area contributed by atoms with E-state index in [0.717, 1.165) is 29.9 Å². The molecule has 0 unspecified atom stereocenters. The fourth-order valence-electron chi connectivity index (χ4n) is 3.70. The second kappa shape index (κ2) is 11.7. The van der Waals surface area contributed by atoms with Gasteiger partial charge in [0.25, 0.3) is 11.8 Å². The molecule has 0 bridgehead atoms. The van der Waals surface area contributed by atoms with Gasteiger partial charge in [-0.15, -0.1) is 0 Å². The fraction of sp³-hybridized carbons (Fsp3) is 0.179. The molecule has 1 heterocycles. The Bertz CT molecular complexity index is 1270. The van der Waals surface area contributed by atoms with Gasteiger partial charge in [0, 0.05) is 24.3 Å². The van der Waals surface area contributed by atoms with Gasteiger partial charge in [-0.3, -0.25) is 9.59 Å². The van der Waals surface area contributed by atoms with E-state index in [1.54, 1.807) is 48.5 Å². The van der Waals surface area contributed by atoms with Crippen LogP contribution in [0, 0.1) is 0 Å². The summed E-state index contributed by atoms with van der Waals surface area (Å²) in [5.41, 5.74) is 5.59. The monoisotopic (exact) mass is 484 g/mol. The average molecular weight is 485 g/mol. The molecule has 0 radical (unpaired) electrons. The van der Waals surface area contributed by atoms with E-state index < -0.39 is 11.8 Å². The maximum absolute atomic E-state index is 13.0. The molecule has 1 aliphatic rings. The summed E-state index contributed by atoms with van der Waals surface area (Å²) >= 11 is 0. The van der Waals surface area contributed by atoms with E-state index in [4.69, 9.17) is 9.47 Å². The summed E-state index contributed by atoms with van der Waals surface area (Å²) in [7, 11) is 0. The van der Waals surface area contributed by atoms with Crippen molar-refractivity contribution in [3.05, 3.63) is 95.2 Å². The van der Waals surface area contributed by atoms with E-state index >= 15 is 0 Å². The van der Waals surface area contributed by atoms with E-state index in [-0.39, 0.29) is 12.5 Å². The highest BCUT2D eigenvalue weighted by Gasteiger charge is 2.15. The minimum Gasteiger partial charge on any atom is -0.454 e. The Hall–Kier alpha value is -4.59. The van der Waals surface area contributed by atoms with Crippen molar-refractivity contribution >= 4 is 29.8 Å². The predicted molar refractivity (Wildman–Crippen MR) is 140 cm³/mol. The SMILES string of the molecule is CCN(CC)c1ccc(/C=C(/NC(=O)c2ccccc2)C(=O)N/N=C/c2ccc3c(c2)OCO3)cc1. The van der Waals surface area contributed by atoms with Crippen LogP contribution >= 0.6 is 0 Å². The number of rotatable bonds is 9. The van der Waals surface area contributed by atoms with E-state index in [2.05, 4.69) is 34.6 Å². The van der Waals surface area contributed by atoms with Crippen molar-refractivity contribution in [2.75, 3.05) is 24.8 Å². The maximum Gasteiger partial charge on any atom is 0.287 e. The highest BCUT2D eigenvalue weighted by Crippen LogP contribution is 2.31. The van der Waals surface area contributed by atoms with Crippen LogP contribution in [0.25, 0.3) is 6.08 Å². The number of nitrogens with zero attached hydrogens (tertiary/aromatic N) is 2. The molecule has 0 atom stereocenters. The van der Waals surface area contributed by atoms with Crippen molar-refractivity contribution in [3.63, 3.8) is 0 Å². The first kappa shape index (κ1) is 24.5. The van der Waals surface area contributed by atoms with Crippen molar-refractivity contribution < 1.29 is 19.1 Å². The van der Waals surface area contributed by atoms with Crippen LogP contribution in [0.2, 0.25) is 0 Å². The lowest BCUT2D eigenvalue weighted by Crippen LogP contribution is -2.32. The number of amides is 2. The normalized spacial score (nSPS) is 12.4. The number of hydrogen-bond donors (Lipinski definition) is 2. The van der Waals surface area contributed by atoms with Crippen LogP contribution in [0.1, 0.15) is 35.3 Å². The predicted octanol–water partition coefficient (Wildman–Crippen LogP) is 4.18. The Balaban J connectivity index is 1.52. The lowest BCUT2D eigenvalue weighted by Gasteiger charge is -2.20. The Morgan fingerprint density at radius 1 is 0.917 bits per heavy atom. The third-order valence-corrected chi connectivity index (χ3v) is 5.64. The van der Waals surface area contributed by atoms with E-state index in [1.165, 1.54) is 6.21 Å². The summed E-state index contributed by atoms with van der Waals surface area (Å²) in [6.07, 6.45) is 3.12. The zero-order valence-electron chi connectivity index (χ0n) is 20.2. The van der Waals surface area contributed by atoms with Gasteiger partial charge in [-0.25, -0.2) is 5.43 Å². The summed E-state index contributed by atoms with van der Waals surface area (Å²) < 4.78 is 10.7. The molecular weight excluding hydrogens is 456 g/mol. The number of fused-ring (bicyclic) bond motifs is 1. The third kappa shape index (κ3) is 6.09. The van der Waals surface area contributed by atoms with Crippen LogP contribution in [0.5, 0.6) is 11.5 Å². The van der Waals surface area contributed by atoms with Crippen LogP contribution < -0.4 is 25.1 Å². The summed E-state index contributed by atoms with van der Waals surface area (Å²) in [5.74, 6) is 0.340. The van der Waals surface area contributed by atoms with Gasteiger partial charge in [-0.05, 0) is 73.5 Å². The Morgan fingerprint density at radius 3 is 2.33 bits per heavy atom. The van der Waals surface area contributed by atoms with Crippen molar-refractivity contribution in [2.45, 2.75) is 13.8 Å². The number of nitrogens with one attached hydrogen (secondary N) is 2. The highest BCUT2D eigenvalue weighted by atomic mass is 16.7. The maximum atomic E-state index is 13.0. The first-order chi connectivity index (χ1) is 17.6. The van der Waals surface area contributed by atoms with Crippen molar-refractivity contribution in [1.29, 1.82) is 0 Å². The van der Waals surface area contributed by atoms with Crippen molar-refractivity contribution in [2.24, 2.45) is 5.10 Å². The van der Waals surface area contributed by atoms with Gasteiger partial charge < -0.3 is 19.7 Å². The van der Waals surface area contributed by atoms with Gasteiger partial charge in [0.1, 0.15) is 5.70 Å². The number of carbonyl (C=O) groups is 2. The van der Waals surface area contributed by atoms with Gasteiger partial charge in [-0.2, -0.15) is 5.10 Å². The number of hydrazone groups is 1. The zero-order valence-corrected chi connectivity index (χ0v) is 20.2. The number of carbonyl (C=O) groups excluding carboxylic acids is 2. The molecule has 2 N–H and O–H groups in total. The lowest BCUT2D eigenvalue weighted by atomic mass is 10.1. The van der Waals surface area contributed by atoms with Gasteiger partial charge in [0.2, 0.25) is 6.79 Å². The molecular formula is C28H28N4O4. The van der Waals surface area contributed by atoms with E-state index in [1.807, 2.05) is 30.3 Å². The van der Waals surface area contributed by atoms with Crippen molar-refractivity contribution in [1.82, 2.24) is 10.7 Å². The summed E-state index contributed by atoms with van der Waals surface area (Å²) in [6, 6.07) is 21.9. The lowest BCUT2D eigenvalue weighted by molar-refractivity contribution is -0.117. The molecule has 4 rings (SSSR count). The van der Waals surface area contributed by atoms with E-state index in [0.29, 0.717) is 17.1 Å². The molecule has 0 aliphatic carbocycles. The standard InChI is InChI=1S/C28H28N4O4/c1-3-32(4-2)23-13-10-20(11-14-23)16-24(30-27(33)22-8-6-5-7-9-22)28(34)31-29-18-21-12-15-25-26(17-21)36-19-35-25/h5-18H,3-4,19H2,1-2H3,(H,30,33)(H,31,34)/b24-16+,29-18+. The largest absolute Gasteiger partial charge is 0.454 e. The highest BCUT2D eigenvalue weighted by molar-refractivity contribution is 6.05. The van der Waals surface area contributed by atoms with Crippen LogP contribution in [0.15, 0.2) is 83.6 Å². The molecule has 0 saturated carbocycles.